The fraction of sp³-hybridized carbons (Fsp3) is 0.362. The summed E-state index contributed by atoms with van der Waals surface area (Å²) in [5.41, 5.74) is 2.99. The molecule has 0 bridgehead atoms. The normalized spacial score (nSPS) is 13.0. The van der Waals surface area contributed by atoms with Gasteiger partial charge in [-0.15, -0.1) is 0 Å². The van der Waals surface area contributed by atoms with E-state index < -0.39 is 90.9 Å². The Labute approximate surface area is 356 Å². The molecule has 4 aromatic rings. The summed E-state index contributed by atoms with van der Waals surface area (Å²) < 4.78 is 17.0. The number of benzene rings is 4. The Morgan fingerprint density at radius 3 is 1.16 bits per heavy atom. The zero-order chi connectivity index (χ0) is 44.1. The molecule has 0 aromatic heterocycles. The molecule has 5 N–H and O–H groups in total. The largest absolute Gasteiger partial charge is 0.481 e. The summed E-state index contributed by atoms with van der Waals surface area (Å²) in [6.07, 6.45) is -3.79. The average molecular weight is 837 g/mol. The van der Waals surface area contributed by atoms with Crippen LogP contribution in [-0.4, -0.2) is 71.3 Å². The zero-order valence-corrected chi connectivity index (χ0v) is 35.0. The van der Waals surface area contributed by atoms with Gasteiger partial charge in [-0.25, -0.2) is 9.59 Å². The van der Waals surface area contributed by atoms with Gasteiger partial charge in [0.05, 0.1) is 24.9 Å². The van der Waals surface area contributed by atoms with Crippen LogP contribution in [0.5, 0.6) is 0 Å². The maximum absolute atomic E-state index is 14.3. The van der Waals surface area contributed by atoms with E-state index in [9.17, 15) is 33.9 Å². The van der Waals surface area contributed by atoms with Crippen LogP contribution in [0.4, 0.5) is 9.59 Å². The lowest BCUT2D eigenvalue weighted by molar-refractivity contribution is -0.156. The van der Waals surface area contributed by atoms with E-state index in [1.165, 1.54) is 0 Å². The minimum absolute atomic E-state index is 0.0258. The van der Waals surface area contributed by atoms with Crippen LogP contribution in [0.15, 0.2) is 121 Å². The number of amides is 4. The molecule has 0 aliphatic carbocycles. The van der Waals surface area contributed by atoms with Gasteiger partial charge in [-0.05, 0) is 46.9 Å². The highest BCUT2D eigenvalue weighted by molar-refractivity contribution is 5.87. The molecule has 0 saturated carbocycles. The van der Waals surface area contributed by atoms with E-state index in [1.807, 2.05) is 97.1 Å². The number of ether oxygens (including phenoxy) is 3. The van der Waals surface area contributed by atoms with E-state index in [2.05, 4.69) is 21.3 Å². The van der Waals surface area contributed by atoms with Crippen molar-refractivity contribution in [3.8, 4) is 0 Å². The van der Waals surface area contributed by atoms with Crippen LogP contribution in [0, 0.1) is 11.8 Å². The Hall–Kier alpha value is -6.70. The number of aliphatic carboxylic acids is 1. The summed E-state index contributed by atoms with van der Waals surface area (Å²) in [6.45, 7) is 6.95. The minimum atomic E-state index is -1.31. The molecule has 0 saturated heterocycles. The zero-order valence-electron chi connectivity index (χ0n) is 35.0. The fourth-order valence-corrected chi connectivity index (χ4v) is 6.50. The van der Waals surface area contributed by atoms with E-state index >= 15 is 0 Å². The molecule has 0 aliphatic heterocycles. The number of carboxylic acid groups (broad SMARTS) is 1. The predicted octanol–water partition coefficient (Wildman–Crippen LogP) is 6.12. The van der Waals surface area contributed by atoms with Crippen molar-refractivity contribution in [2.75, 3.05) is 0 Å². The first kappa shape index (κ1) is 47.0. The molecule has 14 nitrogen and oxygen atoms in total. The first-order chi connectivity index (χ1) is 29.3. The van der Waals surface area contributed by atoms with Crippen LogP contribution in [0.3, 0.4) is 0 Å². The molecule has 4 atom stereocenters. The van der Waals surface area contributed by atoms with Crippen molar-refractivity contribution in [2.24, 2.45) is 11.8 Å². The second-order valence-electron chi connectivity index (χ2n) is 15.3. The number of rotatable bonds is 22. The second kappa shape index (κ2) is 24.4. The van der Waals surface area contributed by atoms with Gasteiger partial charge >= 0.3 is 24.1 Å². The second-order valence-corrected chi connectivity index (χ2v) is 15.3. The highest BCUT2D eigenvalue weighted by atomic mass is 16.6. The summed E-state index contributed by atoms with van der Waals surface area (Å²) in [7, 11) is 0. The van der Waals surface area contributed by atoms with Crippen LogP contribution >= 0.6 is 0 Å². The molecule has 4 aromatic carbocycles. The van der Waals surface area contributed by atoms with Gasteiger partial charge < -0.3 is 40.6 Å². The Morgan fingerprint density at radius 2 is 0.836 bits per heavy atom. The van der Waals surface area contributed by atoms with Crippen molar-refractivity contribution in [3.63, 3.8) is 0 Å². The lowest BCUT2D eigenvalue weighted by Gasteiger charge is -2.36. The molecular formula is C47H56N4O10. The van der Waals surface area contributed by atoms with Gasteiger partial charge in [-0.3, -0.25) is 19.2 Å². The topological polar surface area (TPSA) is 198 Å². The third-order valence-corrected chi connectivity index (χ3v) is 9.73. The number of carbonyl (C=O) groups is 6. The molecule has 4 amide bonds. The molecular weight excluding hydrogens is 781 g/mol. The van der Waals surface area contributed by atoms with Crippen molar-refractivity contribution in [1.29, 1.82) is 0 Å². The highest BCUT2D eigenvalue weighted by Crippen LogP contribution is 2.20. The molecule has 61 heavy (non-hydrogen) atoms. The van der Waals surface area contributed by atoms with E-state index in [0.29, 0.717) is 0 Å². The number of carbonyl (C=O) groups excluding carboxylic acids is 5. The predicted molar refractivity (Wildman–Crippen MR) is 228 cm³/mol. The van der Waals surface area contributed by atoms with Crippen LogP contribution in [0.25, 0.3) is 0 Å². The molecule has 0 heterocycles. The third-order valence-electron chi connectivity index (χ3n) is 9.73. The van der Waals surface area contributed by atoms with Gasteiger partial charge in [0, 0.05) is 0 Å². The van der Waals surface area contributed by atoms with E-state index in [-0.39, 0.29) is 26.1 Å². The molecule has 14 heteroatoms. The number of nitrogens with one attached hydrogen (secondary N) is 4. The Balaban J connectivity index is 1.70. The lowest BCUT2D eigenvalue weighted by atomic mass is 9.90. The number of esters is 1. The Kier molecular flexibility index (Phi) is 18.8. The molecule has 0 radical (unpaired) electrons. The summed E-state index contributed by atoms with van der Waals surface area (Å²) >= 11 is 0. The van der Waals surface area contributed by atoms with E-state index in [4.69, 9.17) is 14.2 Å². The number of hydrogen-bond acceptors (Lipinski definition) is 9. The Bertz CT molecular complexity index is 1870. The molecule has 0 aliphatic rings. The summed E-state index contributed by atoms with van der Waals surface area (Å²) in [5, 5.41) is 20.8. The van der Waals surface area contributed by atoms with Gasteiger partial charge in [0.2, 0.25) is 11.8 Å². The molecule has 0 fully saturated rings. The fourth-order valence-electron chi connectivity index (χ4n) is 6.50. The molecule has 0 spiro atoms. The summed E-state index contributed by atoms with van der Waals surface area (Å²) in [6, 6.07) is 32.0. The maximum Gasteiger partial charge on any atom is 0.408 e. The Morgan fingerprint density at radius 1 is 0.492 bits per heavy atom. The quantitative estimate of drug-likeness (QED) is 0.0454. The van der Waals surface area contributed by atoms with Crippen molar-refractivity contribution in [1.82, 2.24) is 21.3 Å². The first-order valence-electron chi connectivity index (χ1n) is 20.3. The summed E-state index contributed by atoms with van der Waals surface area (Å²) in [4.78, 5) is 79.8. The van der Waals surface area contributed by atoms with Gasteiger partial charge in [-0.1, -0.05) is 149 Å². The smallest absolute Gasteiger partial charge is 0.408 e. The van der Waals surface area contributed by atoms with Crippen LogP contribution < -0.4 is 21.3 Å². The molecule has 4 rings (SSSR count). The van der Waals surface area contributed by atoms with Crippen molar-refractivity contribution in [2.45, 2.75) is 96.9 Å². The minimum Gasteiger partial charge on any atom is -0.481 e. The van der Waals surface area contributed by atoms with Gasteiger partial charge in [0.15, 0.2) is 0 Å². The number of carboxylic acids is 1. The van der Waals surface area contributed by atoms with Gasteiger partial charge in [0.25, 0.3) is 0 Å². The SMILES string of the molecule is CC(C)[C@H](NC(=O)OCc1ccccc1)C(=O)N[C@@H](Cc1ccccc1)C(OC(=O)CCC(=O)O)[C@H](Cc1ccccc1)NC(=O)[C@@H](NC(=O)OCc1ccccc1)C(C)C. The van der Waals surface area contributed by atoms with Crippen molar-refractivity contribution in [3.05, 3.63) is 144 Å². The molecule has 324 valence electrons. The van der Waals surface area contributed by atoms with Crippen molar-refractivity contribution < 1.29 is 48.1 Å². The third kappa shape index (κ3) is 16.5. The van der Waals surface area contributed by atoms with Crippen LogP contribution in [-0.2, 0) is 59.4 Å². The number of hydrogen-bond donors (Lipinski definition) is 5. The lowest BCUT2D eigenvalue weighted by Crippen LogP contribution is -2.62. The van der Waals surface area contributed by atoms with Crippen molar-refractivity contribution >= 4 is 35.9 Å². The van der Waals surface area contributed by atoms with Gasteiger partial charge in [0.1, 0.15) is 31.4 Å². The maximum atomic E-state index is 14.3. The summed E-state index contributed by atoms with van der Waals surface area (Å²) in [5.74, 6) is -4.20. The van der Waals surface area contributed by atoms with E-state index in [0.717, 1.165) is 22.3 Å². The first-order valence-corrected chi connectivity index (χ1v) is 20.3. The van der Waals surface area contributed by atoms with Gasteiger partial charge in [-0.2, -0.15) is 0 Å². The number of alkyl carbamates (subject to hydrolysis) is 2. The van der Waals surface area contributed by atoms with Crippen LogP contribution in [0.1, 0.15) is 62.8 Å². The monoisotopic (exact) mass is 836 g/mol. The average Bonchev–Trinajstić information content (AvgIpc) is 3.25. The highest BCUT2D eigenvalue weighted by Gasteiger charge is 2.39. The van der Waals surface area contributed by atoms with Crippen LogP contribution in [0.2, 0.25) is 0 Å². The van der Waals surface area contributed by atoms with E-state index in [1.54, 1.807) is 52.0 Å². The molecule has 0 unspecified atom stereocenters. The standard InChI is InChI=1S/C47H56N4O10/c1-31(2)41(50-46(57)59-29-35-21-13-7-14-22-35)44(55)48-37(27-33-17-9-5-10-18-33)43(61-40(54)26-25-39(52)53)38(28-34-19-11-6-12-20-34)49-45(56)42(32(3)4)51-47(58)60-30-36-23-15-8-16-24-36/h5-24,31-32,37-38,41-43H,25-30H2,1-4H3,(H,48,55)(H,49,56)(H,50,57)(H,51,58)(H,52,53)/t37-,38-,41-,42-/m0/s1.